The normalized spacial score (nSPS) is 27.6. The summed E-state index contributed by atoms with van der Waals surface area (Å²) in [5.74, 6) is 0. The second kappa shape index (κ2) is 6.45. The van der Waals surface area contributed by atoms with E-state index in [2.05, 4.69) is 0 Å². The average Bonchev–Trinajstić information content (AvgIpc) is 2.36. The quantitative estimate of drug-likeness (QED) is 0.668. The molecule has 0 aromatic rings. The van der Waals surface area contributed by atoms with E-state index in [0.29, 0.717) is 12.1 Å². The first-order valence-electron chi connectivity index (χ1n) is 7.54. The number of rotatable bonds is 7. The van der Waals surface area contributed by atoms with Crippen molar-refractivity contribution in [3.05, 3.63) is 0 Å². The van der Waals surface area contributed by atoms with E-state index < -0.39 is 32.3 Å². The van der Waals surface area contributed by atoms with Crippen LogP contribution in [0.15, 0.2) is 0 Å². The van der Waals surface area contributed by atoms with E-state index >= 15 is 0 Å². The van der Waals surface area contributed by atoms with E-state index in [0.717, 1.165) is 0 Å². The summed E-state index contributed by atoms with van der Waals surface area (Å²) in [7, 11) is -11.8. The van der Waals surface area contributed by atoms with E-state index in [9.17, 15) is 19.2 Å². The Kier molecular flexibility index (Phi) is 6.68. The van der Waals surface area contributed by atoms with Gasteiger partial charge in [0, 0.05) is 0 Å². The number of hydrogen-bond donors (Lipinski definition) is 2. The zero-order valence-corrected chi connectivity index (χ0v) is 18.3. The lowest BCUT2D eigenvalue weighted by atomic mass is 10.9. The van der Waals surface area contributed by atoms with Crippen molar-refractivity contribution in [3.63, 3.8) is 0 Å². The fraction of sp³-hybridized carbons (Fsp3) is 1.00. The van der Waals surface area contributed by atoms with Crippen molar-refractivity contribution in [1.82, 2.24) is 0 Å². The van der Waals surface area contributed by atoms with Crippen LogP contribution in [-0.4, -0.2) is 41.9 Å². The van der Waals surface area contributed by atoms with Crippen LogP contribution in [0, 0.1) is 0 Å². The van der Waals surface area contributed by atoms with Gasteiger partial charge in [0.1, 0.15) is 0 Å². The van der Waals surface area contributed by atoms with Gasteiger partial charge in [0.25, 0.3) is 0 Å². The molecule has 20 heavy (non-hydrogen) atoms. The summed E-state index contributed by atoms with van der Waals surface area (Å²) >= 11 is 0. The maximum Gasteiger partial charge on any atom is 0.202 e. The van der Waals surface area contributed by atoms with E-state index in [1.165, 1.54) is 0 Å². The standard InChI is InChI=1S/C12H32O4Si4/c1-9-17(5,13)11(3)19(7,15)20(8,16)12(4)18(6,14)10-2/h11-12,15-16H,9-10H2,1-8H3/q-2. The summed E-state index contributed by atoms with van der Waals surface area (Å²) in [6.45, 7) is 14.3. The molecule has 0 heterocycles. The molecule has 0 aromatic carbocycles. The van der Waals surface area contributed by atoms with Gasteiger partial charge >= 0.3 is 0 Å². The van der Waals surface area contributed by atoms with Gasteiger partial charge in [-0.1, -0.05) is 52.9 Å². The van der Waals surface area contributed by atoms with Gasteiger partial charge in [0.2, 0.25) is 15.7 Å². The van der Waals surface area contributed by atoms with Crippen LogP contribution in [0.25, 0.3) is 0 Å². The molecule has 8 heteroatoms. The largest absolute Gasteiger partial charge is 0.858 e. The van der Waals surface area contributed by atoms with E-state index in [4.69, 9.17) is 0 Å². The molecule has 0 fully saturated rings. The SMILES string of the molecule is CC[Si](C)([O-])C(C)[Si](C)(O)[Si](C)(O)C(C)[Si](C)([O-])CC. The van der Waals surface area contributed by atoms with E-state index in [1.807, 2.05) is 27.7 Å². The Morgan fingerprint density at radius 3 is 1.10 bits per heavy atom. The molecule has 0 rings (SSSR count). The summed E-state index contributed by atoms with van der Waals surface area (Å²) in [6.07, 6.45) is 0. The highest BCUT2D eigenvalue weighted by Gasteiger charge is 2.57. The van der Waals surface area contributed by atoms with Crippen molar-refractivity contribution in [3.8, 4) is 0 Å². The van der Waals surface area contributed by atoms with Gasteiger partial charge in [-0.3, -0.25) is 0 Å². The summed E-state index contributed by atoms with van der Waals surface area (Å²) in [6, 6.07) is 1.10. The van der Waals surface area contributed by atoms with Crippen molar-refractivity contribution in [2.24, 2.45) is 0 Å². The van der Waals surface area contributed by atoms with Crippen LogP contribution in [0.4, 0.5) is 0 Å². The van der Waals surface area contributed by atoms with Gasteiger partial charge in [0.15, 0.2) is 0 Å². The molecule has 0 radical (unpaired) electrons. The first kappa shape index (κ1) is 20.7. The highest BCUT2D eigenvalue weighted by Crippen LogP contribution is 2.41. The molecule has 0 aliphatic heterocycles. The lowest BCUT2D eigenvalue weighted by Crippen LogP contribution is -2.74. The molecule has 0 saturated carbocycles. The van der Waals surface area contributed by atoms with Crippen LogP contribution >= 0.6 is 0 Å². The monoisotopic (exact) mass is 352 g/mol. The van der Waals surface area contributed by atoms with Crippen LogP contribution in [0.1, 0.15) is 27.7 Å². The Balaban J connectivity index is 5.57. The summed E-state index contributed by atoms with van der Waals surface area (Å²) in [5, 5.41) is -0.656. The van der Waals surface area contributed by atoms with Gasteiger partial charge in [-0.2, -0.15) is 0 Å². The summed E-state index contributed by atoms with van der Waals surface area (Å²) in [5.41, 5.74) is 0. The molecular weight excluding hydrogens is 320 g/mol. The van der Waals surface area contributed by atoms with Gasteiger partial charge in [-0.15, -0.1) is 0 Å². The first-order chi connectivity index (χ1) is 8.68. The van der Waals surface area contributed by atoms with Crippen molar-refractivity contribution in [2.75, 3.05) is 0 Å². The molecule has 0 bridgehead atoms. The Labute approximate surface area is 128 Å². The molecule has 6 unspecified atom stereocenters. The van der Waals surface area contributed by atoms with Crippen molar-refractivity contribution in [2.45, 2.75) is 76.3 Å². The van der Waals surface area contributed by atoms with Gasteiger partial charge < -0.3 is 19.2 Å². The van der Waals surface area contributed by atoms with Crippen molar-refractivity contribution < 1.29 is 19.2 Å². The Bertz CT molecular complexity index is 299. The molecule has 4 nitrogen and oxygen atoms in total. The molecule has 2 N–H and O–H groups in total. The van der Waals surface area contributed by atoms with Crippen LogP contribution in [0.2, 0.25) is 48.6 Å². The molecule has 122 valence electrons. The third kappa shape index (κ3) is 3.72. The smallest absolute Gasteiger partial charge is 0.202 e. The van der Waals surface area contributed by atoms with Gasteiger partial charge in [0.05, 0.1) is 0 Å². The highest BCUT2D eigenvalue weighted by molar-refractivity contribution is 7.40. The maximum absolute atomic E-state index is 12.7. The Morgan fingerprint density at radius 2 is 0.950 bits per heavy atom. The Hall–Kier alpha value is 0.708. The van der Waals surface area contributed by atoms with Gasteiger partial charge in [-0.05, 0) is 40.1 Å². The average molecular weight is 353 g/mol. The molecular formula is C12H32O4Si4-2. The molecule has 0 aromatic heterocycles. The fourth-order valence-corrected chi connectivity index (χ4v) is 32.4. The fourth-order valence-electron chi connectivity index (χ4n) is 2.68. The number of hydrogen-bond acceptors (Lipinski definition) is 4. The third-order valence-corrected chi connectivity index (χ3v) is 35.4. The predicted molar refractivity (Wildman–Crippen MR) is 90.7 cm³/mol. The summed E-state index contributed by atoms with van der Waals surface area (Å²) < 4.78 is 0. The topological polar surface area (TPSA) is 86.6 Å². The summed E-state index contributed by atoms with van der Waals surface area (Å²) in [4.78, 5) is 47.5. The second-order valence-corrected chi connectivity index (χ2v) is 29.0. The minimum atomic E-state index is -3.10. The van der Waals surface area contributed by atoms with Crippen LogP contribution in [-0.2, 0) is 0 Å². The van der Waals surface area contributed by atoms with Crippen LogP contribution in [0.5, 0.6) is 0 Å². The van der Waals surface area contributed by atoms with Crippen LogP contribution < -0.4 is 9.59 Å². The minimum Gasteiger partial charge on any atom is -0.858 e. The highest BCUT2D eigenvalue weighted by atomic mass is 29.3. The lowest BCUT2D eigenvalue weighted by molar-refractivity contribution is -0.210. The van der Waals surface area contributed by atoms with Gasteiger partial charge in [-0.25, -0.2) is 0 Å². The third-order valence-electron chi connectivity index (χ3n) is 5.95. The second-order valence-electron chi connectivity index (χ2n) is 7.07. The molecule has 0 aliphatic carbocycles. The predicted octanol–water partition coefficient (Wildman–Crippen LogP) is 0.970. The molecule has 6 atom stereocenters. The van der Waals surface area contributed by atoms with Crippen LogP contribution in [0.3, 0.4) is 0 Å². The van der Waals surface area contributed by atoms with Crippen molar-refractivity contribution >= 4 is 32.3 Å². The van der Waals surface area contributed by atoms with E-state index in [-0.39, 0.29) is 10.3 Å². The molecule has 0 saturated heterocycles. The first-order valence-corrected chi connectivity index (χ1v) is 19.0. The molecule has 0 aliphatic rings. The Morgan fingerprint density at radius 1 is 0.750 bits per heavy atom. The van der Waals surface area contributed by atoms with Crippen molar-refractivity contribution in [1.29, 1.82) is 0 Å². The molecule has 0 amide bonds. The lowest BCUT2D eigenvalue weighted by Gasteiger charge is -2.55. The van der Waals surface area contributed by atoms with E-state index in [1.54, 1.807) is 26.2 Å². The minimum absolute atomic E-state index is 0.328. The zero-order chi connectivity index (χ0) is 16.6. The maximum atomic E-state index is 12.7. The zero-order valence-electron chi connectivity index (χ0n) is 14.3. The molecule has 0 spiro atoms.